The SMILES string of the molecule is CCCCC/C=C\C/C=C\CCCCCCCCOC(=O)[C@@H]1C[C@H]2C[C@@](F)(CCc3nn[nH]n3)CC[C@H]2CN1. The number of aromatic amines is 1. The maximum absolute atomic E-state index is 15.6. The zero-order chi connectivity index (χ0) is 27.6. The van der Waals surface area contributed by atoms with Gasteiger partial charge in [-0.1, -0.05) is 75.0 Å². The highest BCUT2D eigenvalue weighted by atomic mass is 19.1. The molecule has 1 saturated heterocycles. The van der Waals surface area contributed by atoms with Crippen molar-refractivity contribution in [2.45, 2.75) is 134 Å². The van der Waals surface area contributed by atoms with Gasteiger partial charge in [0, 0.05) is 6.42 Å². The lowest BCUT2D eigenvalue weighted by Crippen LogP contribution is -2.52. The molecular formula is C31H52FN5O2. The van der Waals surface area contributed by atoms with E-state index in [2.05, 4.69) is 57.2 Å². The molecule has 220 valence electrons. The van der Waals surface area contributed by atoms with Gasteiger partial charge in [0.1, 0.15) is 11.7 Å². The predicted octanol–water partition coefficient (Wildman–Crippen LogP) is 6.98. The molecule has 4 atom stereocenters. The zero-order valence-corrected chi connectivity index (χ0v) is 24.2. The lowest BCUT2D eigenvalue weighted by Gasteiger charge is -2.44. The van der Waals surface area contributed by atoms with Crippen molar-refractivity contribution in [1.29, 1.82) is 0 Å². The van der Waals surface area contributed by atoms with Crippen molar-refractivity contribution < 1.29 is 13.9 Å². The number of carbonyl (C=O) groups is 1. The molecule has 7 nitrogen and oxygen atoms in total. The Morgan fingerprint density at radius 2 is 1.77 bits per heavy atom. The third-order valence-corrected chi connectivity index (χ3v) is 8.48. The smallest absolute Gasteiger partial charge is 0.323 e. The van der Waals surface area contributed by atoms with E-state index in [-0.39, 0.29) is 17.9 Å². The Balaban J connectivity index is 1.18. The van der Waals surface area contributed by atoms with Crippen LogP contribution in [0.2, 0.25) is 0 Å². The lowest BCUT2D eigenvalue weighted by atomic mass is 9.67. The number of halogens is 1. The second-order valence-corrected chi connectivity index (χ2v) is 11.7. The Bertz CT molecular complexity index is 846. The van der Waals surface area contributed by atoms with Gasteiger partial charge in [-0.2, -0.15) is 5.21 Å². The van der Waals surface area contributed by atoms with Gasteiger partial charge in [0.15, 0.2) is 5.82 Å². The van der Waals surface area contributed by atoms with E-state index in [0.717, 1.165) is 32.2 Å². The topological polar surface area (TPSA) is 92.8 Å². The van der Waals surface area contributed by atoms with Crippen LogP contribution in [0.4, 0.5) is 4.39 Å². The van der Waals surface area contributed by atoms with Gasteiger partial charge in [-0.3, -0.25) is 4.79 Å². The maximum atomic E-state index is 15.6. The van der Waals surface area contributed by atoms with Crippen LogP contribution in [0.3, 0.4) is 0 Å². The van der Waals surface area contributed by atoms with Gasteiger partial charge in [-0.25, -0.2) is 4.39 Å². The number of hydrogen-bond acceptors (Lipinski definition) is 6. The minimum Gasteiger partial charge on any atom is -0.465 e. The van der Waals surface area contributed by atoms with Crippen LogP contribution in [0.1, 0.15) is 122 Å². The van der Waals surface area contributed by atoms with Crippen molar-refractivity contribution in [3.63, 3.8) is 0 Å². The molecule has 1 aliphatic heterocycles. The summed E-state index contributed by atoms with van der Waals surface area (Å²) in [6.45, 7) is 3.50. The molecule has 2 aliphatic rings. The fourth-order valence-corrected chi connectivity index (χ4v) is 6.04. The van der Waals surface area contributed by atoms with Crippen molar-refractivity contribution >= 4 is 5.97 Å². The number of nitrogens with zero attached hydrogens (tertiary/aromatic N) is 3. The summed E-state index contributed by atoms with van der Waals surface area (Å²) in [5.74, 6) is 1.05. The fraction of sp³-hybridized carbons (Fsp3) is 0.806. The van der Waals surface area contributed by atoms with Gasteiger partial charge in [-0.05, 0) is 89.0 Å². The van der Waals surface area contributed by atoms with Gasteiger partial charge in [0.2, 0.25) is 0 Å². The standard InChI is InChI=1S/C31H52FN5O2/c1-2-3-4-5-6-7-8-9-10-11-12-13-14-15-16-17-22-39-30(38)28-23-27-24-31(32,20-18-26(27)25-33-28)21-19-29-34-36-37-35-29/h6-7,9-10,26-28,33H,2-5,8,11-25H2,1H3,(H,34,35,36,37)/b7-6-,10-9-/t26-,27-,28-,31-/m0/s1. The van der Waals surface area contributed by atoms with E-state index in [1.54, 1.807) is 0 Å². The van der Waals surface area contributed by atoms with Crippen LogP contribution in [0, 0.1) is 11.8 Å². The van der Waals surface area contributed by atoms with E-state index in [9.17, 15) is 4.79 Å². The van der Waals surface area contributed by atoms with Gasteiger partial charge in [0.05, 0.1) is 6.61 Å². The molecule has 39 heavy (non-hydrogen) atoms. The van der Waals surface area contributed by atoms with Crippen LogP contribution < -0.4 is 5.32 Å². The number of rotatable bonds is 19. The van der Waals surface area contributed by atoms with Crippen molar-refractivity contribution in [1.82, 2.24) is 25.9 Å². The molecule has 1 aliphatic carbocycles. The normalized spacial score (nSPS) is 25.3. The number of hydrogen-bond donors (Lipinski definition) is 2. The number of esters is 1. The quantitative estimate of drug-likeness (QED) is 0.111. The highest BCUT2D eigenvalue weighted by molar-refractivity contribution is 5.76. The molecule has 0 bridgehead atoms. The summed E-state index contributed by atoms with van der Waals surface area (Å²) in [5.41, 5.74) is -1.21. The van der Waals surface area contributed by atoms with Crippen LogP contribution >= 0.6 is 0 Å². The van der Waals surface area contributed by atoms with Crippen LogP contribution in [-0.4, -0.2) is 51.5 Å². The number of piperidine rings is 1. The fourth-order valence-electron chi connectivity index (χ4n) is 6.04. The van der Waals surface area contributed by atoms with E-state index < -0.39 is 5.67 Å². The Hall–Kier alpha value is -2.09. The van der Waals surface area contributed by atoms with Crippen LogP contribution in [0.15, 0.2) is 24.3 Å². The first-order chi connectivity index (χ1) is 19.1. The number of ether oxygens (including phenoxy) is 1. The number of nitrogens with one attached hydrogen (secondary N) is 2. The number of unbranched alkanes of at least 4 members (excludes halogenated alkanes) is 9. The van der Waals surface area contributed by atoms with E-state index in [4.69, 9.17) is 4.74 Å². The van der Waals surface area contributed by atoms with E-state index in [1.165, 1.54) is 57.8 Å². The first-order valence-corrected chi connectivity index (χ1v) is 15.7. The molecule has 0 amide bonds. The first-order valence-electron chi connectivity index (χ1n) is 15.7. The molecule has 0 aromatic carbocycles. The number of fused-ring (bicyclic) bond motifs is 1. The Morgan fingerprint density at radius 1 is 1.03 bits per heavy atom. The third-order valence-electron chi connectivity index (χ3n) is 8.48. The first kappa shape index (κ1) is 31.4. The average Bonchev–Trinajstić information content (AvgIpc) is 3.47. The second kappa shape index (κ2) is 18.3. The summed E-state index contributed by atoms with van der Waals surface area (Å²) in [6.07, 6.45) is 27.0. The number of aryl methyl sites for hydroxylation is 1. The Labute approximate surface area is 235 Å². The lowest BCUT2D eigenvalue weighted by molar-refractivity contribution is -0.148. The molecule has 0 radical (unpaired) electrons. The summed E-state index contributed by atoms with van der Waals surface area (Å²) in [5, 5.41) is 17.2. The van der Waals surface area contributed by atoms with E-state index in [0.29, 0.717) is 50.5 Å². The van der Waals surface area contributed by atoms with Crippen molar-refractivity contribution in [2.75, 3.05) is 13.2 Å². The summed E-state index contributed by atoms with van der Waals surface area (Å²) >= 11 is 0. The maximum Gasteiger partial charge on any atom is 0.323 e. The van der Waals surface area contributed by atoms with Crippen molar-refractivity contribution in [3.8, 4) is 0 Å². The summed E-state index contributed by atoms with van der Waals surface area (Å²) in [6, 6.07) is -0.310. The average molecular weight is 546 g/mol. The molecule has 1 saturated carbocycles. The van der Waals surface area contributed by atoms with E-state index in [1.807, 2.05) is 0 Å². The number of aromatic nitrogens is 4. The highest BCUT2D eigenvalue weighted by Crippen LogP contribution is 2.44. The van der Waals surface area contributed by atoms with Gasteiger partial charge in [0.25, 0.3) is 0 Å². The highest BCUT2D eigenvalue weighted by Gasteiger charge is 2.44. The number of tetrazole rings is 1. The minimum absolute atomic E-state index is 0.169. The zero-order valence-electron chi connectivity index (χ0n) is 24.2. The Kier molecular flexibility index (Phi) is 14.7. The Morgan fingerprint density at radius 3 is 2.51 bits per heavy atom. The number of allylic oxidation sites excluding steroid dienone is 4. The largest absolute Gasteiger partial charge is 0.465 e. The molecule has 8 heteroatoms. The minimum atomic E-state index is -1.21. The number of alkyl halides is 1. The molecule has 2 heterocycles. The number of H-pyrrole nitrogens is 1. The number of carbonyl (C=O) groups excluding carboxylic acids is 1. The van der Waals surface area contributed by atoms with Crippen molar-refractivity contribution in [3.05, 3.63) is 30.1 Å². The summed E-state index contributed by atoms with van der Waals surface area (Å²) < 4.78 is 21.2. The van der Waals surface area contributed by atoms with E-state index >= 15 is 4.39 Å². The molecule has 2 fully saturated rings. The third kappa shape index (κ3) is 12.3. The summed E-state index contributed by atoms with van der Waals surface area (Å²) in [4.78, 5) is 12.7. The van der Waals surface area contributed by atoms with Crippen molar-refractivity contribution in [2.24, 2.45) is 11.8 Å². The predicted molar refractivity (Wildman–Crippen MR) is 154 cm³/mol. The molecule has 2 N–H and O–H groups in total. The molecule has 0 spiro atoms. The van der Waals surface area contributed by atoms with Crippen LogP contribution in [0.25, 0.3) is 0 Å². The monoisotopic (exact) mass is 545 g/mol. The van der Waals surface area contributed by atoms with Crippen LogP contribution in [0.5, 0.6) is 0 Å². The van der Waals surface area contributed by atoms with Crippen LogP contribution in [-0.2, 0) is 16.0 Å². The molecule has 0 unspecified atom stereocenters. The second-order valence-electron chi connectivity index (χ2n) is 11.7. The molecule has 1 aromatic heterocycles. The van der Waals surface area contributed by atoms with Gasteiger partial charge < -0.3 is 10.1 Å². The summed E-state index contributed by atoms with van der Waals surface area (Å²) in [7, 11) is 0. The molecular weight excluding hydrogens is 493 g/mol. The molecule has 3 rings (SSSR count). The van der Waals surface area contributed by atoms with Gasteiger partial charge in [-0.15, -0.1) is 10.2 Å². The van der Waals surface area contributed by atoms with Gasteiger partial charge >= 0.3 is 5.97 Å². The molecule has 1 aromatic rings.